The summed E-state index contributed by atoms with van der Waals surface area (Å²) in [4.78, 5) is 11.2. The van der Waals surface area contributed by atoms with E-state index in [0.717, 1.165) is 27.6 Å². The molecule has 0 bridgehead atoms. The van der Waals surface area contributed by atoms with E-state index in [1.54, 1.807) is 17.5 Å². The van der Waals surface area contributed by atoms with Gasteiger partial charge in [0, 0.05) is 11.1 Å². The van der Waals surface area contributed by atoms with Gasteiger partial charge in [-0.05, 0) is 31.5 Å². The molecule has 0 amide bonds. The number of nitrogens with zero attached hydrogens (tertiary/aromatic N) is 3. The van der Waals surface area contributed by atoms with Crippen molar-refractivity contribution in [2.75, 3.05) is 5.73 Å². The van der Waals surface area contributed by atoms with E-state index in [2.05, 4.69) is 43.1 Å². The fraction of sp³-hybridized carbons (Fsp3) is 0.111. The Bertz CT molecular complexity index is 981. The second-order valence-electron chi connectivity index (χ2n) is 5.55. The van der Waals surface area contributed by atoms with Gasteiger partial charge in [0.25, 0.3) is 0 Å². The minimum Gasteiger partial charge on any atom is -0.383 e. The maximum absolute atomic E-state index is 6.42. The topological polar surface area (TPSA) is 56.2 Å². The molecule has 0 saturated carbocycles. The number of hydrogen-bond donors (Lipinski definition) is 1. The molecule has 0 atom stereocenters. The Balaban J connectivity index is 1.97. The van der Waals surface area contributed by atoms with Crippen LogP contribution in [-0.4, -0.2) is 14.4 Å². The first-order chi connectivity index (χ1) is 11.1. The van der Waals surface area contributed by atoms with Crippen LogP contribution in [0.3, 0.4) is 0 Å². The molecule has 0 spiro atoms. The summed E-state index contributed by atoms with van der Waals surface area (Å²) in [7, 11) is 0. The first-order valence-electron chi connectivity index (χ1n) is 7.41. The van der Waals surface area contributed by atoms with Gasteiger partial charge in [-0.1, -0.05) is 35.9 Å². The largest absolute Gasteiger partial charge is 0.383 e. The number of fused-ring (bicyclic) bond motifs is 1. The molecule has 0 aliphatic heterocycles. The third-order valence-corrected chi connectivity index (χ3v) is 4.87. The van der Waals surface area contributed by atoms with Crippen molar-refractivity contribution in [2.45, 2.75) is 13.8 Å². The molecule has 0 aliphatic rings. The van der Waals surface area contributed by atoms with Gasteiger partial charge in [0.2, 0.25) is 0 Å². The molecule has 2 N–H and O–H groups in total. The standard InChI is InChI=1S/C18H16N4S/c1-11-6-8-13(9-7-11)16-12(2)23-18-21-15(17(19)22(16)18)14-5-3-4-10-20-14/h3-10H,19H2,1-2H3. The average molecular weight is 320 g/mol. The van der Waals surface area contributed by atoms with E-state index in [4.69, 9.17) is 10.7 Å². The normalized spacial score (nSPS) is 11.2. The second-order valence-corrected chi connectivity index (χ2v) is 6.73. The fourth-order valence-electron chi connectivity index (χ4n) is 2.77. The van der Waals surface area contributed by atoms with Crippen LogP contribution in [0.15, 0.2) is 48.7 Å². The van der Waals surface area contributed by atoms with E-state index in [9.17, 15) is 0 Å². The highest BCUT2D eigenvalue weighted by Gasteiger charge is 2.19. The zero-order chi connectivity index (χ0) is 16.0. The average Bonchev–Trinajstić information content (AvgIpc) is 3.05. The summed E-state index contributed by atoms with van der Waals surface area (Å²) in [5, 5.41) is 0. The molecule has 5 heteroatoms. The summed E-state index contributed by atoms with van der Waals surface area (Å²) in [6.07, 6.45) is 1.76. The van der Waals surface area contributed by atoms with E-state index in [1.165, 1.54) is 10.4 Å². The van der Waals surface area contributed by atoms with Gasteiger partial charge in [0.05, 0.1) is 11.4 Å². The van der Waals surface area contributed by atoms with Crippen molar-refractivity contribution in [1.29, 1.82) is 0 Å². The molecule has 3 aromatic heterocycles. The van der Waals surface area contributed by atoms with Crippen molar-refractivity contribution < 1.29 is 0 Å². The molecule has 0 fully saturated rings. The van der Waals surface area contributed by atoms with Crippen molar-refractivity contribution >= 4 is 22.1 Å². The Morgan fingerprint density at radius 3 is 2.52 bits per heavy atom. The summed E-state index contributed by atoms with van der Waals surface area (Å²) in [6, 6.07) is 14.3. The van der Waals surface area contributed by atoms with Gasteiger partial charge in [-0.3, -0.25) is 9.38 Å². The van der Waals surface area contributed by atoms with Crippen LogP contribution in [0, 0.1) is 13.8 Å². The monoisotopic (exact) mass is 320 g/mol. The first-order valence-corrected chi connectivity index (χ1v) is 8.22. The molecule has 0 aliphatic carbocycles. The van der Waals surface area contributed by atoms with E-state index < -0.39 is 0 Å². The Hall–Kier alpha value is -2.66. The summed E-state index contributed by atoms with van der Waals surface area (Å²) < 4.78 is 2.04. The van der Waals surface area contributed by atoms with Gasteiger partial charge in [0.15, 0.2) is 4.96 Å². The maximum Gasteiger partial charge on any atom is 0.196 e. The number of pyridine rings is 1. The number of aromatic nitrogens is 3. The highest BCUT2D eigenvalue weighted by molar-refractivity contribution is 7.17. The fourth-order valence-corrected chi connectivity index (χ4v) is 3.77. The van der Waals surface area contributed by atoms with Crippen LogP contribution in [0.1, 0.15) is 10.4 Å². The number of aryl methyl sites for hydroxylation is 2. The SMILES string of the molecule is Cc1ccc(-c2c(C)sc3nc(-c4ccccn4)c(N)n23)cc1. The molecule has 3 heterocycles. The van der Waals surface area contributed by atoms with Gasteiger partial charge in [0.1, 0.15) is 11.5 Å². The zero-order valence-corrected chi connectivity index (χ0v) is 13.8. The van der Waals surface area contributed by atoms with Crippen LogP contribution in [0.2, 0.25) is 0 Å². The minimum atomic E-state index is 0.638. The summed E-state index contributed by atoms with van der Waals surface area (Å²) in [6.45, 7) is 4.19. The predicted octanol–water partition coefficient (Wildman–Crippen LogP) is 4.32. The lowest BCUT2D eigenvalue weighted by Crippen LogP contribution is -1.97. The minimum absolute atomic E-state index is 0.638. The van der Waals surface area contributed by atoms with Gasteiger partial charge in [-0.15, -0.1) is 11.3 Å². The van der Waals surface area contributed by atoms with Crippen molar-refractivity contribution in [3.05, 3.63) is 59.1 Å². The molecule has 1 aromatic carbocycles. The number of nitrogen functional groups attached to an aromatic ring is 1. The number of nitrogens with two attached hydrogens (primary N) is 1. The summed E-state index contributed by atoms with van der Waals surface area (Å²) in [5.41, 5.74) is 11.5. The Kier molecular flexibility index (Phi) is 3.16. The van der Waals surface area contributed by atoms with Crippen LogP contribution in [0.25, 0.3) is 27.6 Å². The van der Waals surface area contributed by atoms with Gasteiger partial charge >= 0.3 is 0 Å². The number of rotatable bonds is 2. The van der Waals surface area contributed by atoms with Gasteiger partial charge in [-0.25, -0.2) is 4.98 Å². The van der Waals surface area contributed by atoms with E-state index in [-0.39, 0.29) is 0 Å². The van der Waals surface area contributed by atoms with Crippen LogP contribution >= 0.6 is 11.3 Å². The summed E-state index contributed by atoms with van der Waals surface area (Å²) >= 11 is 1.65. The van der Waals surface area contributed by atoms with Crippen LogP contribution in [-0.2, 0) is 0 Å². The molecule has 4 aromatic rings. The quantitative estimate of drug-likeness (QED) is 0.598. The number of thiazole rings is 1. The number of anilines is 1. The summed E-state index contributed by atoms with van der Waals surface area (Å²) in [5.74, 6) is 0.638. The third-order valence-electron chi connectivity index (χ3n) is 3.92. The zero-order valence-electron chi connectivity index (χ0n) is 12.9. The molecule has 114 valence electrons. The van der Waals surface area contributed by atoms with Crippen molar-refractivity contribution in [1.82, 2.24) is 14.4 Å². The Morgan fingerprint density at radius 1 is 1.04 bits per heavy atom. The van der Waals surface area contributed by atoms with Crippen molar-refractivity contribution in [2.24, 2.45) is 0 Å². The Morgan fingerprint density at radius 2 is 1.83 bits per heavy atom. The van der Waals surface area contributed by atoms with Crippen molar-refractivity contribution in [3.63, 3.8) is 0 Å². The van der Waals surface area contributed by atoms with E-state index >= 15 is 0 Å². The molecule has 23 heavy (non-hydrogen) atoms. The smallest absolute Gasteiger partial charge is 0.196 e. The van der Waals surface area contributed by atoms with E-state index in [0.29, 0.717) is 5.82 Å². The maximum atomic E-state index is 6.42. The molecule has 0 saturated heterocycles. The molecule has 4 nitrogen and oxygen atoms in total. The third kappa shape index (κ3) is 2.21. The molecule has 4 rings (SSSR count). The number of benzene rings is 1. The number of imidazole rings is 1. The molecular weight excluding hydrogens is 304 g/mol. The first kappa shape index (κ1) is 14.0. The lowest BCUT2D eigenvalue weighted by atomic mass is 10.1. The highest BCUT2D eigenvalue weighted by Crippen LogP contribution is 2.36. The molecular formula is C18H16N4S. The number of hydrogen-bond acceptors (Lipinski definition) is 4. The van der Waals surface area contributed by atoms with Crippen LogP contribution < -0.4 is 5.73 Å². The molecule has 0 radical (unpaired) electrons. The van der Waals surface area contributed by atoms with Gasteiger partial charge in [-0.2, -0.15) is 0 Å². The van der Waals surface area contributed by atoms with Crippen LogP contribution in [0.4, 0.5) is 5.82 Å². The van der Waals surface area contributed by atoms with E-state index in [1.807, 2.05) is 22.6 Å². The highest BCUT2D eigenvalue weighted by atomic mass is 32.1. The van der Waals surface area contributed by atoms with Gasteiger partial charge < -0.3 is 5.73 Å². The second kappa shape index (κ2) is 5.21. The predicted molar refractivity (Wildman–Crippen MR) is 95.6 cm³/mol. The Labute approximate surface area is 138 Å². The van der Waals surface area contributed by atoms with Crippen molar-refractivity contribution in [3.8, 4) is 22.6 Å². The lowest BCUT2D eigenvalue weighted by molar-refractivity contribution is 1.22. The molecule has 0 unspecified atom stereocenters. The van der Waals surface area contributed by atoms with Crippen LogP contribution in [0.5, 0.6) is 0 Å². The lowest BCUT2D eigenvalue weighted by Gasteiger charge is -2.05.